The lowest BCUT2D eigenvalue weighted by Crippen LogP contribution is -2.49. The van der Waals surface area contributed by atoms with E-state index >= 15 is 0 Å². The Morgan fingerprint density at radius 2 is 1.78 bits per heavy atom. The Balaban J connectivity index is 1.67. The highest BCUT2D eigenvalue weighted by atomic mass is 32.1. The van der Waals surface area contributed by atoms with Crippen molar-refractivity contribution in [2.45, 2.75) is 46.6 Å². The van der Waals surface area contributed by atoms with E-state index < -0.39 is 12.1 Å². The molecule has 1 aromatic heterocycles. The van der Waals surface area contributed by atoms with Crippen molar-refractivity contribution in [1.29, 1.82) is 0 Å². The summed E-state index contributed by atoms with van der Waals surface area (Å²) in [7, 11) is 0. The number of carbonyl (C=O) groups excluding carboxylic acids is 2. The maximum atomic E-state index is 13.0. The van der Waals surface area contributed by atoms with Crippen LogP contribution in [-0.2, 0) is 11.2 Å². The first-order valence-electron chi connectivity index (χ1n) is 10.8. The number of amides is 3. The predicted molar refractivity (Wildman–Crippen MR) is 130 cm³/mol. The standard InChI is InChI=1S/C24H29N5O2S/c1-5-16(4)20(26-23(31)25-19-9-7-8-17(6-2)14-19)21(30)27-24-29-28-22(32-24)18-12-10-15(3)11-13-18/h7-14,16,20H,5-6H2,1-4H3,(H2,25,26,31)(H,27,29,30). The van der Waals surface area contributed by atoms with E-state index in [4.69, 9.17) is 0 Å². The van der Waals surface area contributed by atoms with E-state index in [0.717, 1.165) is 34.5 Å². The summed E-state index contributed by atoms with van der Waals surface area (Å²) in [6.45, 7) is 7.99. The highest BCUT2D eigenvalue weighted by molar-refractivity contribution is 7.18. The highest BCUT2D eigenvalue weighted by Gasteiger charge is 2.27. The minimum Gasteiger partial charge on any atom is -0.326 e. The minimum atomic E-state index is -0.707. The van der Waals surface area contributed by atoms with Gasteiger partial charge in [0.05, 0.1) is 0 Å². The largest absolute Gasteiger partial charge is 0.326 e. The molecule has 0 radical (unpaired) electrons. The van der Waals surface area contributed by atoms with Gasteiger partial charge in [-0.25, -0.2) is 4.79 Å². The van der Waals surface area contributed by atoms with Gasteiger partial charge in [-0.3, -0.25) is 10.1 Å². The monoisotopic (exact) mass is 451 g/mol. The summed E-state index contributed by atoms with van der Waals surface area (Å²) in [5.41, 5.74) is 3.92. The van der Waals surface area contributed by atoms with Crippen LogP contribution in [0.15, 0.2) is 48.5 Å². The Hall–Kier alpha value is -3.26. The Kier molecular flexibility index (Phi) is 7.94. The summed E-state index contributed by atoms with van der Waals surface area (Å²) in [5.74, 6) is -0.379. The molecule has 3 rings (SSSR count). The molecular formula is C24H29N5O2S. The number of aryl methyl sites for hydroxylation is 2. The van der Waals surface area contributed by atoms with E-state index in [1.807, 2.05) is 69.3 Å². The van der Waals surface area contributed by atoms with E-state index in [1.54, 1.807) is 0 Å². The van der Waals surface area contributed by atoms with Crippen LogP contribution in [0.2, 0.25) is 0 Å². The number of benzene rings is 2. The van der Waals surface area contributed by atoms with Crippen molar-refractivity contribution in [3.8, 4) is 10.6 Å². The molecule has 0 aliphatic rings. The van der Waals surface area contributed by atoms with Crippen LogP contribution in [-0.4, -0.2) is 28.2 Å². The first-order valence-corrected chi connectivity index (χ1v) is 11.6. The van der Waals surface area contributed by atoms with E-state index in [9.17, 15) is 9.59 Å². The number of anilines is 2. The molecule has 0 aliphatic heterocycles. The number of carbonyl (C=O) groups is 2. The molecule has 2 unspecified atom stereocenters. The zero-order chi connectivity index (χ0) is 23.1. The van der Waals surface area contributed by atoms with Gasteiger partial charge in [0.2, 0.25) is 11.0 Å². The second-order valence-corrected chi connectivity index (χ2v) is 8.76. The summed E-state index contributed by atoms with van der Waals surface area (Å²) in [6.07, 6.45) is 1.61. The highest BCUT2D eigenvalue weighted by Crippen LogP contribution is 2.27. The van der Waals surface area contributed by atoms with E-state index in [1.165, 1.54) is 11.3 Å². The maximum Gasteiger partial charge on any atom is 0.319 e. The van der Waals surface area contributed by atoms with Crippen LogP contribution in [0.4, 0.5) is 15.6 Å². The summed E-state index contributed by atoms with van der Waals surface area (Å²) in [4.78, 5) is 25.6. The molecule has 1 heterocycles. The van der Waals surface area contributed by atoms with Gasteiger partial charge in [0, 0.05) is 11.3 Å². The normalized spacial score (nSPS) is 12.6. The van der Waals surface area contributed by atoms with E-state index in [0.29, 0.717) is 10.8 Å². The van der Waals surface area contributed by atoms with Crippen LogP contribution in [0.3, 0.4) is 0 Å². The number of rotatable bonds is 8. The fourth-order valence-corrected chi connectivity index (χ4v) is 3.90. The molecule has 3 N–H and O–H groups in total. The first kappa shape index (κ1) is 23.4. The van der Waals surface area contributed by atoms with Gasteiger partial charge in [-0.15, -0.1) is 10.2 Å². The fraction of sp³-hybridized carbons (Fsp3) is 0.333. The second-order valence-electron chi connectivity index (χ2n) is 7.78. The molecule has 0 fully saturated rings. The minimum absolute atomic E-state index is 0.0628. The topological polar surface area (TPSA) is 96.0 Å². The van der Waals surface area contributed by atoms with Gasteiger partial charge in [0.15, 0.2) is 0 Å². The molecule has 168 valence electrons. The van der Waals surface area contributed by atoms with E-state index in [2.05, 4.69) is 33.1 Å². The molecule has 0 saturated carbocycles. The summed E-state index contributed by atoms with van der Waals surface area (Å²) >= 11 is 1.30. The summed E-state index contributed by atoms with van der Waals surface area (Å²) < 4.78 is 0. The lowest BCUT2D eigenvalue weighted by atomic mass is 9.98. The molecular weight excluding hydrogens is 422 g/mol. The third-order valence-electron chi connectivity index (χ3n) is 5.33. The maximum absolute atomic E-state index is 13.0. The van der Waals surface area contributed by atoms with Crippen LogP contribution in [0, 0.1) is 12.8 Å². The van der Waals surface area contributed by atoms with Gasteiger partial charge >= 0.3 is 6.03 Å². The molecule has 2 aromatic carbocycles. The van der Waals surface area contributed by atoms with Crippen LogP contribution in [0.1, 0.15) is 38.3 Å². The lowest BCUT2D eigenvalue weighted by Gasteiger charge is -2.23. The number of hydrogen-bond donors (Lipinski definition) is 3. The van der Waals surface area contributed by atoms with Crippen LogP contribution >= 0.6 is 11.3 Å². The molecule has 32 heavy (non-hydrogen) atoms. The third kappa shape index (κ3) is 6.13. The van der Waals surface area contributed by atoms with Crippen molar-refractivity contribution in [2.75, 3.05) is 10.6 Å². The molecule has 0 saturated heterocycles. The van der Waals surface area contributed by atoms with Crippen molar-refractivity contribution in [3.63, 3.8) is 0 Å². The summed E-state index contributed by atoms with van der Waals surface area (Å²) in [6, 6.07) is 14.5. The van der Waals surface area contributed by atoms with Gasteiger partial charge in [0.25, 0.3) is 0 Å². The van der Waals surface area contributed by atoms with Crippen molar-refractivity contribution >= 4 is 34.1 Å². The number of nitrogens with zero attached hydrogens (tertiary/aromatic N) is 2. The van der Waals surface area contributed by atoms with Gasteiger partial charge in [-0.05, 0) is 37.0 Å². The van der Waals surface area contributed by atoms with Crippen LogP contribution in [0.25, 0.3) is 10.6 Å². The average molecular weight is 452 g/mol. The first-order chi connectivity index (χ1) is 15.4. The predicted octanol–water partition coefficient (Wildman–Crippen LogP) is 5.25. The molecule has 3 amide bonds. The Morgan fingerprint density at radius 1 is 1.03 bits per heavy atom. The zero-order valence-corrected chi connectivity index (χ0v) is 19.6. The molecule has 0 aliphatic carbocycles. The van der Waals surface area contributed by atoms with Crippen LogP contribution in [0.5, 0.6) is 0 Å². The number of nitrogens with one attached hydrogen (secondary N) is 3. The van der Waals surface area contributed by atoms with Crippen molar-refractivity contribution in [2.24, 2.45) is 5.92 Å². The van der Waals surface area contributed by atoms with Crippen molar-refractivity contribution < 1.29 is 9.59 Å². The fourth-order valence-electron chi connectivity index (χ4n) is 3.15. The molecule has 7 nitrogen and oxygen atoms in total. The number of urea groups is 1. The van der Waals surface area contributed by atoms with Crippen LogP contribution < -0.4 is 16.0 Å². The Morgan fingerprint density at radius 3 is 2.47 bits per heavy atom. The zero-order valence-electron chi connectivity index (χ0n) is 18.8. The molecule has 2 atom stereocenters. The van der Waals surface area contributed by atoms with E-state index in [-0.39, 0.29) is 11.8 Å². The SMILES string of the molecule is CCc1cccc(NC(=O)NC(C(=O)Nc2nnc(-c3ccc(C)cc3)s2)C(C)CC)c1. The molecule has 0 bridgehead atoms. The smallest absolute Gasteiger partial charge is 0.319 e. The van der Waals surface area contributed by atoms with Gasteiger partial charge in [-0.2, -0.15) is 0 Å². The quantitative estimate of drug-likeness (QED) is 0.436. The Labute approximate surface area is 192 Å². The number of hydrogen-bond acceptors (Lipinski definition) is 5. The number of aromatic nitrogens is 2. The van der Waals surface area contributed by atoms with Crippen molar-refractivity contribution in [3.05, 3.63) is 59.7 Å². The summed E-state index contributed by atoms with van der Waals surface area (Å²) in [5, 5.41) is 17.8. The van der Waals surface area contributed by atoms with Crippen molar-refractivity contribution in [1.82, 2.24) is 15.5 Å². The van der Waals surface area contributed by atoms with Gasteiger partial charge in [0.1, 0.15) is 11.0 Å². The van der Waals surface area contributed by atoms with Gasteiger partial charge in [-0.1, -0.05) is 80.5 Å². The second kappa shape index (κ2) is 10.9. The lowest BCUT2D eigenvalue weighted by molar-refractivity contribution is -0.119. The molecule has 8 heteroatoms. The Bertz CT molecular complexity index is 1060. The molecule has 0 spiro atoms. The third-order valence-corrected chi connectivity index (χ3v) is 6.22. The average Bonchev–Trinajstić information content (AvgIpc) is 3.25. The van der Waals surface area contributed by atoms with Gasteiger partial charge < -0.3 is 10.6 Å². The molecule has 3 aromatic rings.